The van der Waals surface area contributed by atoms with Crippen molar-refractivity contribution in [2.45, 2.75) is 57.4 Å². The Morgan fingerprint density at radius 3 is 2.89 bits per heavy atom. The summed E-state index contributed by atoms with van der Waals surface area (Å²) in [4.78, 5) is 11.6. The van der Waals surface area contributed by atoms with Crippen LogP contribution in [-0.4, -0.2) is 20.9 Å². The maximum absolute atomic E-state index is 11.6. The van der Waals surface area contributed by atoms with Gasteiger partial charge in [-0.2, -0.15) is 5.10 Å². The van der Waals surface area contributed by atoms with Gasteiger partial charge in [0.05, 0.1) is 11.7 Å². The molecule has 0 aromatic carbocycles. The maximum Gasteiger partial charge on any atom is 0.133 e. The minimum atomic E-state index is 0.352. The van der Waals surface area contributed by atoms with Crippen LogP contribution in [0.1, 0.15) is 56.7 Å². The number of hydrogen-bond acceptors (Lipinski definition) is 2. The first-order valence-electron chi connectivity index (χ1n) is 6.91. The topological polar surface area (TPSA) is 34.9 Å². The summed E-state index contributed by atoms with van der Waals surface area (Å²) in [6, 6.07) is 2.67. The lowest BCUT2D eigenvalue weighted by Gasteiger charge is -2.08. The van der Waals surface area contributed by atoms with Crippen molar-refractivity contribution in [2.75, 3.05) is 5.33 Å². The van der Waals surface area contributed by atoms with Crippen molar-refractivity contribution in [3.05, 3.63) is 18.0 Å². The zero-order valence-corrected chi connectivity index (χ0v) is 12.4. The van der Waals surface area contributed by atoms with Crippen molar-refractivity contribution in [3.63, 3.8) is 0 Å². The number of rotatable bonds is 7. The van der Waals surface area contributed by atoms with Gasteiger partial charge in [-0.1, -0.05) is 28.8 Å². The Labute approximate surface area is 117 Å². The molecule has 1 fully saturated rings. The van der Waals surface area contributed by atoms with Crippen molar-refractivity contribution >= 4 is 21.7 Å². The van der Waals surface area contributed by atoms with Gasteiger partial charge in [0.15, 0.2) is 0 Å². The maximum atomic E-state index is 11.6. The second kappa shape index (κ2) is 7.07. The van der Waals surface area contributed by atoms with Crippen LogP contribution < -0.4 is 0 Å². The van der Waals surface area contributed by atoms with Crippen LogP contribution in [0.4, 0.5) is 0 Å². The van der Waals surface area contributed by atoms with Gasteiger partial charge in [0, 0.05) is 24.4 Å². The molecule has 0 atom stereocenters. The van der Waals surface area contributed by atoms with Crippen molar-refractivity contribution in [2.24, 2.45) is 0 Å². The minimum Gasteiger partial charge on any atom is -0.300 e. The summed E-state index contributed by atoms with van der Waals surface area (Å²) in [6.07, 6.45) is 10.3. The largest absolute Gasteiger partial charge is 0.300 e. The Kier molecular flexibility index (Phi) is 5.42. The fraction of sp³-hybridized carbons (Fsp3) is 0.714. The molecule has 0 amide bonds. The second-order valence-electron chi connectivity index (χ2n) is 5.06. The van der Waals surface area contributed by atoms with Gasteiger partial charge in [-0.05, 0) is 31.7 Å². The van der Waals surface area contributed by atoms with Crippen LogP contribution in [-0.2, 0) is 11.2 Å². The highest BCUT2D eigenvalue weighted by Crippen LogP contribution is 2.28. The molecular weight excluding hydrogens is 292 g/mol. The van der Waals surface area contributed by atoms with Gasteiger partial charge in [-0.25, -0.2) is 0 Å². The lowest BCUT2D eigenvalue weighted by atomic mass is 10.1. The molecule has 100 valence electrons. The molecule has 1 aliphatic carbocycles. The summed E-state index contributed by atoms with van der Waals surface area (Å²) < 4.78 is 2.10. The van der Waals surface area contributed by atoms with E-state index in [1.165, 1.54) is 25.7 Å². The molecule has 0 unspecified atom stereocenters. The van der Waals surface area contributed by atoms with Crippen molar-refractivity contribution < 1.29 is 4.79 Å². The summed E-state index contributed by atoms with van der Waals surface area (Å²) >= 11 is 3.35. The zero-order chi connectivity index (χ0) is 12.8. The molecule has 0 bridgehead atoms. The number of Topliss-reactive ketones (excluding diaryl/α,β-unsaturated/α-hetero) is 1. The molecular formula is C14H21BrN2O. The molecule has 1 aromatic heterocycles. The molecule has 1 saturated carbocycles. The van der Waals surface area contributed by atoms with Gasteiger partial charge < -0.3 is 0 Å². The van der Waals surface area contributed by atoms with E-state index in [4.69, 9.17) is 0 Å². The highest BCUT2D eigenvalue weighted by atomic mass is 79.9. The van der Waals surface area contributed by atoms with Gasteiger partial charge in [0.2, 0.25) is 0 Å². The molecule has 4 heteroatoms. The zero-order valence-electron chi connectivity index (χ0n) is 10.8. The first-order chi connectivity index (χ1) is 8.79. The van der Waals surface area contributed by atoms with Crippen LogP contribution in [0.2, 0.25) is 0 Å². The number of hydrogen-bond donors (Lipinski definition) is 0. The van der Waals surface area contributed by atoms with Crippen molar-refractivity contribution in [1.29, 1.82) is 0 Å². The van der Waals surface area contributed by atoms with Crippen LogP contribution >= 0.6 is 15.9 Å². The van der Waals surface area contributed by atoms with Crippen molar-refractivity contribution in [3.8, 4) is 0 Å². The third kappa shape index (κ3) is 3.94. The Hall–Kier alpha value is -0.640. The van der Waals surface area contributed by atoms with Crippen LogP contribution in [0, 0.1) is 0 Å². The molecule has 0 saturated heterocycles. The van der Waals surface area contributed by atoms with E-state index in [0.29, 0.717) is 24.7 Å². The first kappa shape index (κ1) is 13.8. The standard InChI is InChI=1S/C14H21BrN2O/c15-10-3-6-14(18)8-7-12-9-11-17(16-12)13-4-1-2-5-13/h9,11,13H,1-8,10H2. The summed E-state index contributed by atoms with van der Waals surface area (Å²) in [5.41, 5.74) is 1.06. The normalized spacial score (nSPS) is 16.3. The lowest BCUT2D eigenvalue weighted by molar-refractivity contribution is -0.119. The predicted molar refractivity (Wildman–Crippen MR) is 76.1 cm³/mol. The number of halogens is 1. The average Bonchev–Trinajstić information content (AvgIpc) is 3.03. The second-order valence-corrected chi connectivity index (χ2v) is 5.85. The fourth-order valence-corrected chi connectivity index (χ4v) is 2.82. The number of ketones is 1. The molecule has 2 rings (SSSR count). The van der Waals surface area contributed by atoms with Crippen LogP contribution in [0.3, 0.4) is 0 Å². The number of aromatic nitrogens is 2. The first-order valence-corrected chi connectivity index (χ1v) is 8.03. The van der Waals surface area contributed by atoms with Crippen molar-refractivity contribution in [1.82, 2.24) is 9.78 Å². The van der Waals surface area contributed by atoms with E-state index < -0.39 is 0 Å². The molecule has 1 aliphatic rings. The van der Waals surface area contributed by atoms with Crippen LogP contribution in [0.15, 0.2) is 12.3 Å². The van der Waals surface area contributed by atoms with E-state index in [1.54, 1.807) is 0 Å². The summed E-state index contributed by atoms with van der Waals surface area (Å²) in [7, 11) is 0. The Bertz CT molecular complexity index is 383. The Balaban J connectivity index is 1.77. The average molecular weight is 313 g/mol. The number of carbonyl (C=O) groups excluding carboxylic acids is 1. The summed E-state index contributed by atoms with van der Waals surface area (Å²) in [6.45, 7) is 0. The van der Waals surface area contributed by atoms with E-state index in [1.807, 2.05) is 0 Å². The SMILES string of the molecule is O=C(CCCBr)CCc1ccn(C2CCCC2)n1. The number of carbonyl (C=O) groups is 1. The third-order valence-electron chi connectivity index (χ3n) is 3.61. The Morgan fingerprint density at radius 2 is 2.17 bits per heavy atom. The molecule has 0 N–H and O–H groups in total. The van der Waals surface area contributed by atoms with E-state index in [0.717, 1.165) is 23.9 Å². The molecule has 3 nitrogen and oxygen atoms in total. The van der Waals surface area contributed by atoms with Gasteiger partial charge >= 0.3 is 0 Å². The third-order valence-corrected chi connectivity index (χ3v) is 4.17. The van der Waals surface area contributed by atoms with E-state index in [-0.39, 0.29) is 0 Å². The van der Waals surface area contributed by atoms with Gasteiger partial charge in [-0.3, -0.25) is 9.48 Å². The van der Waals surface area contributed by atoms with E-state index in [2.05, 4.69) is 38.0 Å². The molecule has 1 heterocycles. The monoisotopic (exact) mass is 312 g/mol. The lowest BCUT2D eigenvalue weighted by Crippen LogP contribution is -2.06. The van der Waals surface area contributed by atoms with E-state index >= 15 is 0 Å². The quantitative estimate of drug-likeness (QED) is 0.720. The molecule has 0 aliphatic heterocycles. The highest BCUT2D eigenvalue weighted by Gasteiger charge is 2.17. The summed E-state index contributed by atoms with van der Waals surface area (Å²) in [5.74, 6) is 0.352. The summed E-state index contributed by atoms with van der Waals surface area (Å²) in [5, 5.41) is 5.51. The highest BCUT2D eigenvalue weighted by molar-refractivity contribution is 9.09. The molecule has 18 heavy (non-hydrogen) atoms. The van der Waals surface area contributed by atoms with Gasteiger partial charge in [-0.15, -0.1) is 0 Å². The number of aryl methyl sites for hydroxylation is 1. The molecule has 1 aromatic rings. The minimum absolute atomic E-state index is 0.352. The van der Waals surface area contributed by atoms with Crippen LogP contribution in [0.5, 0.6) is 0 Å². The Morgan fingerprint density at radius 1 is 1.39 bits per heavy atom. The van der Waals surface area contributed by atoms with Gasteiger partial charge in [0.1, 0.15) is 5.78 Å². The predicted octanol–water partition coefficient (Wildman–Crippen LogP) is 3.68. The van der Waals surface area contributed by atoms with Crippen LogP contribution in [0.25, 0.3) is 0 Å². The fourth-order valence-electron chi connectivity index (χ4n) is 2.54. The number of alkyl halides is 1. The molecule has 0 radical (unpaired) electrons. The molecule has 0 spiro atoms. The van der Waals surface area contributed by atoms with Gasteiger partial charge in [0.25, 0.3) is 0 Å². The number of nitrogens with zero attached hydrogens (tertiary/aromatic N) is 2. The van der Waals surface area contributed by atoms with E-state index in [9.17, 15) is 4.79 Å². The smallest absolute Gasteiger partial charge is 0.133 e.